The van der Waals surface area contributed by atoms with Crippen LogP contribution in [0.15, 0.2) is 28.7 Å². The number of carbonyl (C=O) groups is 2. The molecule has 0 radical (unpaired) electrons. The molecule has 1 fully saturated rings. The summed E-state index contributed by atoms with van der Waals surface area (Å²) in [6.45, 7) is 5.70. The van der Waals surface area contributed by atoms with Gasteiger partial charge in [-0.2, -0.15) is 0 Å². The van der Waals surface area contributed by atoms with Gasteiger partial charge < -0.3 is 23.9 Å². The fourth-order valence-corrected chi connectivity index (χ4v) is 4.40. The summed E-state index contributed by atoms with van der Waals surface area (Å²) in [5, 5.41) is 11.3. The third-order valence-corrected chi connectivity index (χ3v) is 5.99. The monoisotopic (exact) mass is 483 g/mol. The lowest BCUT2D eigenvalue weighted by atomic mass is 10.1. The zero-order valence-electron chi connectivity index (χ0n) is 20.7. The van der Waals surface area contributed by atoms with Gasteiger partial charge >= 0.3 is 11.9 Å². The number of aliphatic hydroxyl groups is 1. The van der Waals surface area contributed by atoms with Gasteiger partial charge in [0, 0.05) is 31.2 Å². The van der Waals surface area contributed by atoms with Crippen LogP contribution in [0.3, 0.4) is 0 Å². The number of nitrogens with zero attached hydrogens (tertiary/aromatic N) is 3. The van der Waals surface area contributed by atoms with Crippen LogP contribution in [0.4, 0.5) is 5.82 Å². The molecule has 35 heavy (non-hydrogen) atoms. The van der Waals surface area contributed by atoms with E-state index >= 15 is 0 Å². The predicted octanol–water partition coefficient (Wildman–Crippen LogP) is 3.93. The fraction of sp³-hybridized carbons (Fsp3) is 0.538. The van der Waals surface area contributed by atoms with E-state index < -0.39 is 23.7 Å². The van der Waals surface area contributed by atoms with E-state index in [4.69, 9.17) is 23.9 Å². The molecule has 0 bridgehead atoms. The molecule has 0 saturated carbocycles. The van der Waals surface area contributed by atoms with Crippen LogP contribution < -0.4 is 4.90 Å². The number of benzene rings is 1. The largest absolute Gasteiger partial charge is 0.469 e. The number of rotatable bonds is 8. The van der Waals surface area contributed by atoms with E-state index in [0.29, 0.717) is 41.2 Å². The van der Waals surface area contributed by atoms with Crippen LogP contribution in [-0.4, -0.2) is 58.4 Å². The number of hydrogen-bond donors (Lipinski definition) is 1. The zero-order valence-corrected chi connectivity index (χ0v) is 20.7. The maximum absolute atomic E-state index is 13.0. The number of hydrogen-bond acceptors (Lipinski definition) is 9. The average Bonchev–Trinajstić information content (AvgIpc) is 3.37. The summed E-state index contributed by atoms with van der Waals surface area (Å²) in [6, 6.07) is 6.96. The normalized spacial score (nSPS) is 18.4. The second-order valence-corrected chi connectivity index (χ2v) is 9.97. The summed E-state index contributed by atoms with van der Waals surface area (Å²) in [5.41, 5.74) is 1.20. The van der Waals surface area contributed by atoms with Crippen molar-refractivity contribution < 1.29 is 28.6 Å². The number of furan rings is 1. The number of fused-ring (bicyclic) bond motifs is 3. The Morgan fingerprint density at radius 2 is 1.94 bits per heavy atom. The third-order valence-electron chi connectivity index (χ3n) is 5.99. The molecule has 1 aromatic carbocycles. The summed E-state index contributed by atoms with van der Waals surface area (Å²) in [6.07, 6.45) is 2.92. The number of anilines is 1. The van der Waals surface area contributed by atoms with E-state index in [9.17, 15) is 14.7 Å². The molecule has 9 heteroatoms. The van der Waals surface area contributed by atoms with Gasteiger partial charge in [-0.1, -0.05) is 18.6 Å². The number of aryl methyl sites for hydroxylation is 1. The van der Waals surface area contributed by atoms with Crippen LogP contribution in [0.5, 0.6) is 0 Å². The van der Waals surface area contributed by atoms with Crippen molar-refractivity contribution in [1.82, 2.24) is 9.97 Å². The van der Waals surface area contributed by atoms with E-state index in [0.717, 1.165) is 24.6 Å². The Kier molecular flexibility index (Phi) is 7.25. The van der Waals surface area contributed by atoms with E-state index in [1.807, 2.05) is 45.0 Å². The summed E-state index contributed by atoms with van der Waals surface area (Å²) in [4.78, 5) is 35.8. The first-order valence-electron chi connectivity index (χ1n) is 12.1. The fourth-order valence-electron chi connectivity index (χ4n) is 4.40. The molecule has 1 aliphatic rings. The molecule has 1 aliphatic heterocycles. The lowest BCUT2D eigenvalue weighted by molar-refractivity contribution is -0.156. The topological polar surface area (TPSA) is 115 Å². The van der Waals surface area contributed by atoms with E-state index in [-0.39, 0.29) is 18.9 Å². The minimum Gasteiger partial charge on any atom is -0.469 e. The van der Waals surface area contributed by atoms with E-state index in [2.05, 4.69) is 0 Å². The molecular formula is C26H33N3O6. The molecule has 4 rings (SSSR count). The summed E-state index contributed by atoms with van der Waals surface area (Å²) >= 11 is 0. The molecule has 188 valence electrons. The number of aliphatic hydroxyl groups excluding tert-OH is 1. The molecule has 2 aromatic heterocycles. The highest BCUT2D eigenvalue weighted by Crippen LogP contribution is 2.36. The molecule has 3 aromatic rings. The number of esters is 2. The third kappa shape index (κ3) is 5.73. The van der Waals surface area contributed by atoms with Crippen molar-refractivity contribution in [3.63, 3.8) is 0 Å². The van der Waals surface area contributed by atoms with Crippen LogP contribution in [0, 0.1) is 0 Å². The van der Waals surface area contributed by atoms with E-state index in [1.165, 1.54) is 7.11 Å². The van der Waals surface area contributed by atoms with Crippen molar-refractivity contribution in [2.45, 2.75) is 77.0 Å². The Bertz CT molecular complexity index is 1210. The first kappa shape index (κ1) is 24.9. The Labute approximate surface area is 204 Å². The van der Waals surface area contributed by atoms with Crippen LogP contribution in [-0.2, 0) is 25.5 Å². The smallest absolute Gasteiger partial charge is 0.329 e. The highest BCUT2D eigenvalue weighted by atomic mass is 16.6. The van der Waals surface area contributed by atoms with Gasteiger partial charge in [-0.25, -0.2) is 14.8 Å². The van der Waals surface area contributed by atoms with Gasteiger partial charge in [-0.3, -0.25) is 4.79 Å². The quantitative estimate of drug-likeness (QED) is 0.376. The highest BCUT2D eigenvalue weighted by molar-refractivity contribution is 6.06. The standard InChI is InChI=1S/C26H33N3O6/c1-26(2,3)35-25(32)18-14-16(30)15-29(18)24-23-22(17-10-8-9-11-19(17)34-23)27-20(28-24)12-6-5-7-13-21(31)33-4/h8-11,16,18,30H,5-7,12-15H2,1-4H3/t16-,18-/m0/s1. The molecule has 9 nitrogen and oxygen atoms in total. The van der Waals surface area contributed by atoms with Crippen molar-refractivity contribution in [3.8, 4) is 0 Å². The van der Waals surface area contributed by atoms with Crippen LogP contribution in [0.25, 0.3) is 22.1 Å². The molecule has 0 spiro atoms. The number of aromatic nitrogens is 2. The van der Waals surface area contributed by atoms with Crippen LogP contribution in [0.2, 0.25) is 0 Å². The Balaban J connectivity index is 1.67. The van der Waals surface area contributed by atoms with Crippen molar-refractivity contribution in [2.24, 2.45) is 0 Å². The minimum atomic E-state index is -0.691. The lowest BCUT2D eigenvalue weighted by Gasteiger charge is -2.28. The Hall–Kier alpha value is -3.20. The number of carbonyl (C=O) groups excluding carboxylic acids is 2. The molecule has 0 aliphatic carbocycles. The number of methoxy groups -OCH3 is 1. The van der Waals surface area contributed by atoms with Crippen LogP contribution in [0.1, 0.15) is 58.7 Å². The zero-order chi connectivity index (χ0) is 25.2. The Morgan fingerprint density at radius 1 is 1.17 bits per heavy atom. The maximum atomic E-state index is 13.0. The summed E-state index contributed by atoms with van der Waals surface area (Å²) in [5.74, 6) is 0.501. The number of para-hydroxylation sites is 1. The molecule has 1 saturated heterocycles. The maximum Gasteiger partial charge on any atom is 0.329 e. The number of β-amino-alcohol motifs (C(OH)–C–C–N with tert-alkyl or cyclic N) is 1. The first-order valence-corrected chi connectivity index (χ1v) is 12.1. The predicted molar refractivity (Wildman–Crippen MR) is 131 cm³/mol. The molecule has 0 amide bonds. The molecular weight excluding hydrogens is 450 g/mol. The van der Waals surface area contributed by atoms with Gasteiger partial charge in [-0.15, -0.1) is 0 Å². The lowest BCUT2D eigenvalue weighted by Crippen LogP contribution is -2.41. The van der Waals surface area contributed by atoms with Crippen molar-refractivity contribution in [3.05, 3.63) is 30.1 Å². The number of unbranched alkanes of at least 4 members (excludes halogenated alkanes) is 2. The van der Waals surface area contributed by atoms with Crippen molar-refractivity contribution in [1.29, 1.82) is 0 Å². The second-order valence-electron chi connectivity index (χ2n) is 9.97. The summed E-state index contributed by atoms with van der Waals surface area (Å²) in [7, 11) is 1.39. The average molecular weight is 484 g/mol. The molecule has 3 heterocycles. The van der Waals surface area contributed by atoms with Gasteiger partial charge in [0.05, 0.1) is 13.2 Å². The van der Waals surface area contributed by atoms with Gasteiger partial charge in [-0.05, 0) is 45.7 Å². The van der Waals surface area contributed by atoms with Crippen molar-refractivity contribution in [2.75, 3.05) is 18.6 Å². The van der Waals surface area contributed by atoms with E-state index in [1.54, 1.807) is 4.90 Å². The summed E-state index contributed by atoms with van der Waals surface area (Å²) < 4.78 is 16.5. The van der Waals surface area contributed by atoms with Crippen LogP contribution >= 0.6 is 0 Å². The van der Waals surface area contributed by atoms with Gasteiger partial charge in [0.15, 0.2) is 11.4 Å². The number of ether oxygens (including phenoxy) is 2. The highest BCUT2D eigenvalue weighted by Gasteiger charge is 2.41. The minimum absolute atomic E-state index is 0.212. The molecule has 2 atom stereocenters. The Morgan fingerprint density at radius 3 is 2.69 bits per heavy atom. The molecule has 1 N–H and O–H groups in total. The van der Waals surface area contributed by atoms with Gasteiger partial charge in [0.25, 0.3) is 0 Å². The van der Waals surface area contributed by atoms with Gasteiger partial charge in [0.2, 0.25) is 0 Å². The second kappa shape index (κ2) is 10.2. The molecule has 0 unspecified atom stereocenters. The van der Waals surface area contributed by atoms with Gasteiger partial charge in [0.1, 0.15) is 28.6 Å². The van der Waals surface area contributed by atoms with Crippen molar-refractivity contribution >= 4 is 39.8 Å². The first-order chi connectivity index (χ1) is 16.7. The SMILES string of the molecule is COC(=O)CCCCCc1nc(N2C[C@@H](O)C[C@H]2C(=O)OC(C)(C)C)c2oc3ccccc3c2n1.